The minimum absolute atomic E-state index is 0.175. The van der Waals surface area contributed by atoms with Crippen LogP contribution in [0.1, 0.15) is 24.3 Å². The van der Waals surface area contributed by atoms with E-state index in [-0.39, 0.29) is 24.6 Å². The van der Waals surface area contributed by atoms with E-state index in [2.05, 4.69) is 0 Å². The number of nitriles is 2. The van der Waals surface area contributed by atoms with Gasteiger partial charge in [0.1, 0.15) is 5.82 Å². The number of rotatable bonds is 3. The van der Waals surface area contributed by atoms with Gasteiger partial charge in [-0.1, -0.05) is 18.2 Å². The molecule has 70 valence electrons. The summed E-state index contributed by atoms with van der Waals surface area (Å²) >= 11 is 0. The summed E-state index contributed by atoms with van der Waals surface area (Å²) in [5, 5.41) is 17.1. The maximum absolute atomic E-state index is 13.3. The number of nitrogens with zero attached hydrogens (tertiary/aromatic N) is 2. The molecular formula is C11H9FN2. The van der Waals surface area contributed by atoms with Crippen molar-refractivity contribution in [2.75, 3.05) is 0 Å². The van der Waals surface area contributed by atoms with Crippen LogP contribution in [0.25, 0.3) is 0 Å². The van der Waals surface area contributed by atoms with Crippen molar-refractivity contribution in [1.29, 1.82) is 10.5 Å². The molecule has 0 amide bonds. The molecule has 3 heteroatoms. The minimum atomic E-state index is -0.344. The van der Waals surface area contributed by atoms with E-state index in [1.807, 2.05) is 12.1 Å². The highest BCUT2D eigenvalue weighted by molar-refractivity contribution is 5.23. The summed E-state index contributed by atoms with van der Waals surface area (Å²) in [4.78, 5) is 0. The van der Waals surface area contributed by atoms with E-state index in [1.165, 1.54) is 6.07 Å². The molecular weight excluding hydrogens is 179 g/mol. The van der Waals surface area contributed by atoms with E-state index in [1.54, 1.807) is 18.2 Å². The Kier molecular flexibility index (Phi) is 3.64. The Morgan fingerprint density at radius 2 is 1.71 bits per heavy atom. The van der Waals surface area contributed by atoms with Crippen LogP contribution in [0.5, 0.6) is 0 Å². The Morgan fingerprint density at radius 1 is 1.14 bits per heavy atom. The molecule has 0 saturated carbocycles. The lowest BCUT2D eigenvalue weighted by Crippen LogP contribution is -1.99. The first-order chi connectivity index (χ1) is 6.79. The Hall–Kier alpha value is -1.87. The van der Waals surface area contributed by atoms with Gasteiger partial charge in [-0.05, 0) is 11.6 Å². The van der Waals surface area contributed by atoms with Gasteiger partial charge in [0, 0.05) is 18.8 Å². The van der Waals surface area contributed by atoms with E-state index < -0.39 is 0 Å². The summed E-state index contributed by atoms with van der Waals surface area (Å²) in [5.41, 5.74) is 0.454. The lowest BCUT2D eigenvalue weighted by atomic mass is 9.93. The second-order valence-electron chi connectivity index (χ2n) is 2.94. The maximum atomic E-state index is 13.3. The largest absolute Gasteiger partial charge is 0.207 e. The third-order valence-corrected chi connectivity index (χ3v) is 2.02. The summed E-state index contributed by atoms with van der Waals surface area (Å²) in [7, 11) is 0. The van der Waals surface area contributed by atoms with Gasteiger partial charge in [0.15, 0.2) is 0 Å². The number of benzene rings is 1. The predicted octanol–water partition coefficient (Wildman–Crippen LogP) is 2.74. The average molecular weight is 188 g/mol. The van der Waals surface area contributed by atoms with Crippen molar-refractivity contribution < 1.29 is 4.39 Å². The maximum Gasteiger partial charge on any atom is 0.126 e. The molecule has 0 atom stereocenters. The molecule has 0 radical (unpaired) electrons. The fraction of sp³-hybridized carbons (Fsp3) is 0.273. The SMILES string of the molecule is N#CCC(CC#N)c1ccccc1F. The van der Waals surface area contributed by atoms with E-state index in [0.717, 1.165) is 0 Å². The van der Waals surface area contributed by atoms with Crippen LogP contribution in [-0.2, 0) is 0 Å². The molecule has 1 aromatic carbocycles. The number of hydrogen-bond acceptors (Lipinski definition) is 2. The number of halogens is 1. The van der Waals surface area contributed by atoms with Crippen LogP contribution in [-0.4, -0.2) is 0 Å². The average Bonchev–Trinajstić information content (AvgIpc) is 2.18. The van der Waals surface area contributed by atoms with Crippen molar-refractivity contribution in [2.24, 2.45) is 0 Å². The van der Waals surface area contributed by atoms with E-state index in [9.17, 15) is 4.39 Å². The highest BCUT2D eigenvalue weighted by Gasteiger charge is 2.14. The lowest BCUT2D eigenvalue weighted by Gasteiger charge is -2.10. The zero-order valence-corrected chi connectivity index (χ0v) is 7.57. The van der Waals surface area contributed by atoms with Gasteiger partial charge in [0.05, 0.1) is 12.1 Å². The predicted molar refractivity (Wildman–Crippen MR) is 49.6 cm³/mol. The molecule has 0 N–H and O–H groups in total. The molecule has 0 heterocycles. The minimum Gasteiger partial charge on any atom is -0.207 e. The molecule has 0 fully saturated rings. The molecule has 0 aliphatic carbocycles. The molecule has 1 aromatic rings. The van der Waals surface area contributed by atoms with Gasteiger partial charge in [0.2, 0.25) is 0 Å². The molecule has 14 heavy (non-hydrogen) atoms. The molecule has 0 spiro atoms. The lowest BCUT2D eigenvalue weighted by molar-refractivity contribution is 0.581. The van der Waals surface area contributed by atoms with Gasteiger partial charge in [-0.25, -0.2) is 4.39 Å². The van der Waals surface area contributed by atoms with Crippen LogP contribution in [0.4, 0.5) is 4.39 Å². The van der Waals surface area contributed by atoms with Gasteiger partial charge in [-0.2, -0.15) is 10.5 Å². The fourth-order valence-electron chi connectivity index (χ4n) is 1.32. The topological polar surface area (TPSA) is 47.6 Å². The Balaban J connectivity index is 2.95. The molecule has 0 saturated heterocycles. The Morgan fingerprint density at radius 3 is 2.21 bits per heavy atom. The zero-order chi connectivity index (χ0) is 10.4. The van der Waals surface area contributed by atoms with Gasteiger partial charge in [0.25, 0.3) is 0 Å². The van der Waals surface area contributed by atoms with Crippen molar-refractivity contribution in [3.8, 4) is 12.1 Å². The Bertz CT molecular complexity index is 371. The first-order valence-corrected chi connectivity index (χ1v) is 4.28. The van der Waals surface area contributed by atoms with Gasteiger partial charge >= 0.3 is 0 Å². The highest BCUT2D eigenvalue weighted by atomic mass is 19.1. The second-order valence-corrected chi connectivity index (χ2v) is 2.94. The monoisotopic (exact) mass is 188 g/mol. The normalized spacial score (nSPS) is 9.43. The van der Waals surface area contributed by atoms with Gasteiger partial charge < -0.3 is 0 Å². The van der Waals surface area contributed by atoms with Gasteiger partial charge in [-0.3, -0.25) is 0 Å². The van der Waals surface area contributed by atoms with Crippen LogP contribution in [0.2, 0.25) is 0 Å². The summed E-state index contributed by atoms with van der Waals surface area (Å²) in [5.74, 6) is -0.658. The number of hydrogen-bond donors (Lipinski definition) is 0. The molecule has 0 aromatic heterocycles. The van der Waals surface area contributed by atoms with Crippen LogP contribution in [0.15, 0.2) is 24.3 Å². The van der Waals surface area contributed by atoms with Crippen molar-refractivity contribution in [3.05, 3.63) is 35.6 Å². The van der Waals surface area contributed by atoms with Crippen LogP contribution >= 0.6 is 0 Å². The molecule has 0 bridgehead atoms. The molecule has 0 aliphatic heterocycles. The molecule has 0 aliphatic rings. The first kappa shape index (κ1) is 10.2. The molecule has 1 rings (SSSR count). The van der Waals surface area contributed by atoms with Crippen molar-refractivity contribution in [3.63, 3.8) is 0 Å². The van der Waals surface area contributed by atoms with E-state index >= 15 is 0 Å². The third kappa shape index (κ3) is 2.31. The second kappa shape index (κ2) is 4.99. The fourth-order valence-corrected chi connectivity index (χ4v) is 1.32. The Labute approximate surface area is 82.2 Å². The van der Waals surface area contributed by atoms with Gasteiger partial charge in [-0.15, -0.1) is 0 Å². The summed E-state index contributed by atoms with van der Waals surface area (Å²) in [6.45, 7) is 0. The first-order valence-electron chi connectivity index (χ1n) is 4.28. The van der Waals surface area contributed by atoms with Crippen LogP contribution < -0.4 is 0 Å². The smallest absolute Gasteiger partial charge is 0.126 e. The van der Waals surface area contributed by atoms with Crippen molar-refractivity contribution in [2.45, 2.75) is 18.8 Å². The van der Waals surface area contributed by atoms with Crippen molar-refractivity contribution in [1.82, 2.24) is 0 Å². The quantitative estimate of drug-likeness (QED) is 0.732. The summed E-state index contributed by atoms with van der Waals surface area (Å²) in [6.07, 6.45) is 0.350. The van der Waals surface area contributed by atoms with E-state index in [0.29, 0.717) is 5.56 Å². The molecule has 2 nitrogen and oxygen atoms in total. The van der Waals surface area contributed by atoms with Crippen LogP contribution in [0, 0.1) is 28.5 Å². The summed E-state index contributed by atoms with van der Waals surface area (Å²) in [6, 6.07) is 10.2. The van der Waals surface area contributed by atoms with E-state index in [4.69, 9.17) is 10.5 Å². The third-order valence-electron chi connectivity index (χ3n) is 2.02. The molecule has 0 unspecified atom stereocenters. The zero-order valence-electron chi connectivity index (χ0n) is 7.57. The standard InChI is InChI=1S/C11H9FN2/c12-11-4-2-1-3-10(11)9(5-7-13)6-8-14/h1-4,9H,5-6H2. The summed E-state index contributed by atoms with van der Waals surface area (Å²) < 4.78 is 13.3. The van der Waals surface area contributed by atoms with Crippen molar-refractivity contribution >= 4 is 0 Å². The van der Waals surface area contributed by atoms with Crippen LogP contribution in [0.3, 0.4) is 0 Å². The highest BCUT2D eigenvalue weighted by Crippen LogP contribution is 2.24.